The van der Waals surface area contributed by atoms with Crippen LogP contribution in [0.3, 0.4) is 0 Å². The fourth-order valence-electron chi connectivity index (χ4n) is 11.8. The number of aliphatic carboxylic acids is 3. The van der Waals surface area contributed by atoms with Gasteiger partial charge in [-0.3, -0.25) is 43.1 Å². The van der Waals surface area contributed by atoms with Gasteiger partial charge in [0, 0.05) is 80.7 Å². The molecule has 0 bridgehead atoms. The van der Waals surface area contributed by atoms with Crippen LogP contribution < -0.4 is 67.2 Å². The predicted octanol–water partition coefficient (Wildman–Crippen LogP) is 1.91. The van der Waals surface area contributed by atoms with Crippen molar-refractivity contribution in [1.29, 1.82) is 0 Å². The Morgan fingerprint density at radius 3 is 1.89 bits per heavy atom. The number of amides is 5. The molecule has 3 aromatic carbocycles. The zero-order chi connectivity index (χ0) is 72.1. The van der Waals surface area contributed by atoms with Crippen LogP contribution in [0.4, 0.5) is 17.1 Å². The maximum atomic E-state index is 14.0. The third-order valence-corrected chi connectivity index (χ3v) is 21.0. The predicted molar refractivity (Wildman–Crippen MR) is 367 cm³/mol. The van der Waals surface area contributed by atoms with Crippen LogP contribution in [0, 0.1) is 0 Å². The zero-order valence-corrected chi connectivity index (χ0v) is 58.5. The second-order valence-electron chi connectivity index (χ2n) is 24.4. The van der Waals surface area contributed by atoms with E-state index in [1.54, 1.807) is 19.2 Å². The number of carboxylic acids is 3. The number of carbonyl (C=O) groups excluding carboxylic acids is 5. The van der Waals surface area contributed by atoms with Crippen LogP contribution in [0.15, 0.2) is 47.5 Å². The van der Waals surface area contributed by atoms with Crippen molar-refractivity contribution in [2.75, 3.05) is 122 Å². The molecule has 3 aromatic rings. The van der Waals surface area contributed by atoms with E-state index in [1.807, 2.05) is 41.8 Å². The molecular weight excluding hydrogens is 1360 g/mol. The zero-order valence-electron chi connectivity index (χ0n) is 56.0. The average Bonchev–Trinajstić information content (AvgIpc) is 1.64. The first-order chi connectivity index (χ1) is 47.1. The molecule has 0 radical (unpaired) electrons. The van der Waals surface area contributed by atoms with Gasteiger partial charge in [0.25, 0.3) is 21.9 Å². The van der Waals surface area contributed by atoms with E-state index in [-0.39, 0.29) is 118 Å². The topological polar surface area (TPSA) is 463 Å². The Morgan fingerprint density at radius 1 is 0.727 bits per heavy atom. The Balaban J connectivity index is 1.16. The number of carboxylic acid groups (broad SMARTS) is 3. The Bertz CT molecular complexity index is 3510. The van der Waals surface area contributed by atoms with Crippen molar-refractivity contribution in [3.8, 4) is 23.0 Å². The first-order valence-electron chi connectivity index (χ1n) is 32.0. The maximum absolute atomic E-state index is 14.0. The number of hydrogen-bond donors (Lipinski definition) is 12. The highest BCUT2D eigenvalue weighted by Gasteiger charge is 2.45. The lowest BCUT2D eigenvalue weighted by atomic mass is 10.1. The van der Waals surface area contributed by atoms with Gasteiger partial charge in [-0.2, -0.15) is 8.42 Å². The number of likely N-dealkylation sites (N-methyl/N-ethyl adjacent to an activating group) is 1. The molecule has 2 fully saturated rings. The van der Waals surface area contributed by atoms with Crippen LogP contribution in [0.5, 0.6) is 23.0 Å². The molecule has 0 spiro atoms. The second-order valence-corrected chi connectivity index (χ2v) is 29.0. The van der Waals surface area contributed by atoms with E-state index in [9.17, 15) is 66.6 Å². The lowest BCUT2D eigenvalue weighted by molar-refractivity contribution is -0.143. The SMILES string of the molecule is CN[C@H](CC(=O)O)C(=O)N[C@H](CCCN=C(N)N)C(=O)N[C@H](CC(=O)O)C(=O)N[C@H](CSSC(C)(C)CN(CCOCCOCCOC)c1cc(COc2cc3c(cc2OC)C(=O)N2CCC[C@@H]2CN3)cc(COc2cc3c(cc2OC)C(=O)N2CCC[C@H]2C(S(=O)(=O)O)N3)c1)C(=O)O. The van der Waals surface area contributed by atoms with Crippen LogP contribution >= 0.6 is 21.6 Å². The highest BCUT2D eigenvalue weighted by molar-refractivity contribution is 8.77. The van der Waals surface area contributed by atoms with Crippen LogP contribution in [0.1, 0.15) is 97.1 Å². The van der Waals surface area contributed by atoms with Crippen molar-refractivity contribution in [1.82, 2.24) is 31.1 Å². The molecule has 0 aromatic heterocycles. The van der Waals surface area contributed by atoms with E-state index < -0.39 is 105 Å². The number of ether oxygens (including phenoxy) is 7. The summed E-state index contributed by atoms with van der Waals surface area (Å²) in [6.45, 7) is 7.02. The van der Waals surface area contributed by atoms with E-state index >= 15 is 0 Å². The Morgan fingerprint density at radius 2 is 1.28 bits per heavy atom. The molecule has 546 valence electrons. The molecule has 99 heavy (non-hydrogen) atoms. The largest absolute Gasteiger partial charge is 0.493 e. The number of anilines is 3. The van der Waals surface area contributed by atoms with Crippen LogP contribution in [0.2, 0.25) is 0 Å². The number of guanidine groups is 1. The number of hydrogen-bond acceptors (Lipinski definition) is 24. The number of nitrogens with one attached hydrogen (secondary N) is 6. The van der Waals surface area contributed by atoms with Gasteiger partial charge in [-0.1, -0.05) is 21.6 Å². The van der Waals surface area contributed by atoms with Crippen LogP contribution in [-0.4, -0.2) is 244 Å². The van der Waals surface area contributed by atoms with Gasteiger partial charge in [0.2, 0.25) is 17.7 Å². The molecule has 0 aliphatic carbocycles. The molecule has 7 atom stereocenters. The third kappa shape index (κ3) is 22.4. The Hall–Kier alpha value is -8.26. The normalized spacial score (nSPS) is 17.6. The molecule has 14 N–H and O–H groups in total. The molecule has 1 unspecified atom stereocenters. The van der Waals surface area contributed by atoms with Crippen LogP contribution in [-0.2, 0) is 66.3 Å². The molecule has 4 aliphatic heterocycles. The fraction of sp³-hybridized carbons (Fsp3) is 0.571. The van der Waals surface area contributed by atoms with E-state index in [4.69, 9.17) is 44.6 Å². The van der Waals surface area contributed by atoms with E-state index in [0.29, 0.717) is 78.7 Å². The fourth-order valence-corrected chi connectivity index (χ4v) is 15.4. The lowest BCUT2D eigenvalue weighted by Crippen LogP contribution is -2.58. The molecule has 33 nitrogen and oxygen atoms in total. The molecule has 4 aliphatic rings. The minimum atomic E-state index is -4.72. The summed E-state index contributed by atoms with van der Waals surface area (Å²) < 4.78 is 76.9. The van der Waals surface area contributed by atoms with Crippen molar-refractivity contribution in [3.63, 3.8) is 0 Å². The van der Waals surface area contributed by atoms with Gasteiger partial charge < -0.3 is 107 Å². The van der Waals surface area contributed by atoms with Crippen molar-refractivity contribution in [2.24, 2.45) is 16.5 Å². The average molecular weight is 1450 g/mol. The minimum Gasteiger partial charge on any atom is -0.493 e. The monoisotopic (exact) mass is 1450 g/mol. The summed E-state index contributed by atoms with van der Waals surface area (Å²) in [5.74, 6) is -7.61. The van der Waals surface area contributed by atoms with Gasteiger partial charge in [0.05, 0.1) is 94.7 Å². The summed E-state index contributed by atoms with van der Waals surface area (Å²) in [6.07, 6.45) is 0.905. The van der Waals surface area contributed by atoms with E-state index in [2.05, 4.69) is 36.9 Å². The van der Waals surface area contributed by atoms with Gasteiger partial charge in [-0.05, 0) is 101 Å². The number of nitrogens with two attached hydrogens (primary N) is 2. The summed E-state index contributed by atoms with van der Waals surface area (Å²) in [6, 6.07) is 4.89. The van der Waals surface area contributed by atoms with Crippen molar-refractivity contribution in [3.05, 3.63) is 64.7 Å². The first kappa shape index (κ1) is 78.1. The first-order valence-corrected chi connectivity index (χ1v) is 35.9. The van der Waals surface area contributed by atoms with Crippen molar-refractivity contribution >= 4 is 102 Å². The van der Waals surface area contributed by atoms with Crippen LogP contribution in [0.25, 0.3) is 0 Å². The smallest absolute Gasteiger partial charge is 0.327 e. The summed E-state index contributed by atoms with van der Waals surface area (Å²) in [5.41, 5.74) is 14.0. The van der Waals surface area contributed by atoms with Gasteiger partial charge >= 0.3 is 17.9 Å². The number of nitrogens with zero attached hydrogens (tertiary/aromatic N) is 4. The number of fused-ring (bicyclic) bond motifs is 4. The molecular formula is C63H90N12O21S3. The number of benzene rings is 3. The Kier molecular flexibility index (Phi) is 29.0. The number of methoxy groups -OCH3 is 3. The third-order valence-electron chi connectivity index (χ3n) is 16.6. The second kappa shape index (κ2) is 36.7. The molecule has 2 saturated heterocycles. The number of rotatable bonds is 41. The Labute approximate surface area is 581 Å². The lowest BCUT2D eigenvalue weighted by Gasteiger charge is -2.34. The van der Waals surface area contributed by atoms with Gasteiger partial charge in [-0.25, -0.2) is 4.79 Å². The van der Waals surface area contributed by atoms with Gasteiger partial charge in [-0.15, -0.1) is 0 Å². The summed E-state index contributed by atoms with van der Waals surface area (Å²) in [5, 5.41) is 44.1. The highest BCUT2D eigenvalue weighted by atomic mass is 33.1. The molecule has 36 heteroatoms. The highest BCUT2D eigenvalue weighted by Crippen LogP contribution is 2.42. The summed E-state index contributed by atoms with van der Waals surface area (Å²) in [7, 11) is 3.41. The minimum absolute atomic E-state index is 0.00177. The number of carbonyl (C=O) groups is 8. The van der Waals surface area contributed by atoms with Gasteiger partial charge in [0.15, 0.2) is 34.3 Å². The maximum Gasteiger partial charge on any atom is 0.327 e. The van der Waals surface area contributed by atoms with E-state index in [1.165, 1.54) is 49.1 Å². The van der Waals surface area contributed by atoms with Gasteiger partial charge in [0.1, 0.15) is 31.3 Å². The van der Waals surface area contributed by atoms with Crippen molar-refractivity contribution < 1.29 is 99.8 Å². The van der Waals surface area contributed by atoms with E-state index in [0.717, 1.165) is 23.6 Å². The molecule has 7 rings (SSSR count). The number of aliphatic imine (C=N–C) groups is 1. The van der Waals surface area contributed by atoms with Crippen molar-refractivity contribution in [2.45, 2.75) is 125 Å². The standard InChI is InChI=1S/C63H90N12O21S3/c1-63(2,98-97-34-47(61(85)86)71-57(82)46(30-54(78)79)70-55(80)42(11-7-13-67-62(64)65)69-56(81)45(66-3)29-53(76)77)35-73(16-17-93-20-21-94-19-18-90-4)39-23-36(32-95-51-27-43-40(25-49(51)91-5)59(83)74-14-8-10-38(74)31-68-43)22-37(24-39)33-96-52-28-44-41(26-50(52)92-6)60(84)75-15-9-12-48(75)58(72-44)99(87,88)89/h22-28,38,42,45-48,58,66,68,72H,7-21,29-35H2,1-6H3,(H,69,81)(H,70,80)(H,71,82)(H,76,77)(H,78,79)(H,85,86)(H4,64,65,67)(H,87,88,89)/t38-,42-,45-,46-,47-,48+,58?/m1/s1. The summed E-state index contributed by atoms with van der Waals surface area (Å²) >= 11 is 0. The molecule has 4 heterocycles. The summed E-state index contributed by atoms with van der Waals surface area (Å²) in [4.78, 5) is 114. The molecule has 0 saturated carbocycles. The quantitative estimate of drug-likeness (QED) is 0.0127. The molecule has 5 amide bonds.